The van der Waals surface area contributed by atoms with Crippen molar-refractivity contribution >= 4 is 5.97 Å². The van der Waals surface area contributed by atoms with E-state index in [1.165, 1.54) is 7.11 Å². The topological polar surface area (TPSA) is 61.5 Å². The molecule has 1 aromatic rings. The molecule has 1 atom stereocenters. The second-order valence-corrected chi connectivity index (χ2v) is 4.08. The second kappa shape index (κ2) is 5.80. The van der Waals surface area contributed by atoms with Gasteiger partial charge in [-0.15, -0.1) is 0 Å². The van der Waals surface area contributed by atoms with Gasteiger partial charge in [-0.25, -0.2) is 0 Å². The minimum Gasteiger partial charge on any atom is -0.468 e. The third-order valence-corrected chi connectivity index (χ3v) is 2.92. The van der Waals surface area contributed by atoms with Gasteiger partial charge in [0.2, 0.25) is 0 Å². The van der Waals surface area contributed by atoms with Crippen molar-refractivity contribution in [1.82, 2.24) is 0 Å². The largest absolute Gasteiger partial charge is 0.468 e. The van der Waals surface area contributed by atoms with Crippen molar-refractivity contribution < 1.29 is 14.3 Å². The lowest BCUT2D eigenvalue weighted by atomic mass is 9.81. The van der Waals surface area contributed by atoms with Gasteiger partial charge in [-0.2, -0.15) is 0 Å². The first-order chi connectivity index (χ1) is 8.10. The molecule has 4 nitrogen and oxygen atoms in total. The molecule has 17 heavy (non-hydrogen) atoms. The van der Waals surface area contributed by atoms with Crippen LogP contribution in [0.1, 0.15) is 11.1 Å². The van der Waals surface area contributed by atoms with Crippen LogP contribution in [-0.4, -0.2) is 33.3 Å². The fourth-order valence-electron chi connectivity index (χ4n) is 1.83. The summed E-state index contributed by atoms with van der Waals surface area (Å²) < 4.78 is 9.97. The van der Waals surface area contributed by atoms with Crippen molar-refractivity contribution in [2.24, 2.45) is 5.73 Å². The summed E-state index contributed by atoms with van der Waals surface area (Å²) in [5, 5.41) is 0. The molecule has 0 aliphatic heterocycles. The van der Waals surface area contributed by atoms with E-state index in [0.717, 1.165) is 11.1 Å². The van der Waals surface area contributed by atoms with Crippen LogP contribution in [0, 0.1) is 6.92 Å². The first-order valence-corrected chi connectivity index (χ1v) is 5.45. The number of benzene rings is 1. The Kier molecular flexibility index (Phi) is 4.66. The first kappa shape index (κ1) is 13.7. The van der Waals surface area contributed by atoms with E-state index >= 15 is 0 Å². The third-order valence-electron chi connectivity index (χ3n) is 2.92. The molecule has 1 aromatic carbocycles. The molecule has 0 aliphatic carbocycles. The lowest BCUT2D eigenvalue weighted by molar-refractivity contribution is -0.149. The Morgan fingerprint density at radius 3 is 2.29 bits per heavy atom. The molecule has 0 bridgehead atoms. The maximum atomic E-state index is 12.0. The maximum absolute atomic E-state index is 12.0. The van der Waals surface area contributed by atoms with Crippen LogP contribution in [0.15, 0.2) is 24.3 Å². The summed E-state index contributed by atoms with van der Waals surface area (Å²) in [7, 11) is 2.90. The number of hydrogen-bond acceptors (Lipinski definition) is 4. The molecule has 2 N–H and O–H groups in total. The summed E-state index contributed by atoms with van der Waals surface area (Å²) in [6.45, 7) is 2.35. The van der Waals surface area contributed by atoms with E-state index < -0.39 is 5.41 Å². The summed E-state index contributed by atoms with van der Waals surface area (Å²) in [6, 6.07) is 7.66. The minimum absolute atomic E-state index is 0.149. The molecule has 4 heteroatoms. The smallest absolute Gasteiger partial charge is 0.319 e. The zero-order chi connectivity index (χ0) is 12.9. The zero-order valence-electron chi connectivity index (χ0n) is 10.5. The van der Waals surface area contributed by atoms with E-state index in [4.69, 9.17) is 15.2 Å². The highest BCUT2D eigenvalue weighted by Crippen LogP contribution is 2.25. The van der Waals surface area contributed by atoms with Crippen LogP contribution in [0.4, 0.5) is 0 Å². The molecule has 0 spiro atoms. The molecule has 94 valence electrons. The van der Waals surface area contributed by atoms with Crippen molar-refractivity contribution in [1.29, 1.82) is 0 Å². The van der Waals surface area contributed by atoms with E-state index in [2.05, 4.69) is 0 Å². The number of carbonyl (C=O) groups excluding carboxylic acids is 1. The molecule has 0 aliphatic rings. The molecule has 0 heterocycles. The van der Waals surface area contributed by atoms with Crippen molar-refractivity contribution in [2.75, 3.05) is 27.4 Å². The highest BCUT2D eigenvalue weighted by atomic mass is 16.5. The highest BCUT2D eigenvalue weighted by molar-refractivity contribution is 5.83. The van der Waals surface area contributed by atoms with Crippen LogP contribution < -0.4 is 5.73 Å². The van der Waals surface area contributed by atoms with Gasteiger partial charge < -0.3 is 15.2 Å². The van der Waals surface area contributed by atoms with Crippen molar-refractivity contribution in [3.63, 3.8) is 0 Å². The molecule has 0 fully saturated rings. The predicted molar refractivity (Wildman–Crippen MR) is 65.8 cm³/mol. The van der Waals surface area contributed by atoms with Gasteiger partial charge >= 0.3 is 5.97 Å². The van der Waals surface area contributed by atoms with Crippen molar-refractivity contribution in [2.45, 2.75) is 12.3 Å². The normalized spacial score (nSPS) is 14.1. The van der Waals surface area contributed by atoms with Crippen LogP contribution in [-0.2, 0) is 19.7 Å². The Balaban J connectivity index is 3.20. The summed E-state index contributed by atoms with van der Waals surface area (Å²) in [4.78, 5) is 12.0. The summed E-state index contributed by atoms with van der Waals surface area (Å²) in [6.07, 6.45) is 0. The van der Waals surface area contributed by atoms with E-state index in [1.807, 2.05) is 31.2 Å². The molecular formula is C13H19NO3. The van der Waals surface area contributed by atoms with Gasteiger partial charge in [0, 0.05) is 13.7 Å². The van der Waals surface area contributed by atoms with Crippen LogP contribution in [0.5, 0.6) is 0 Å². The summed E-state index contributed by atoms with van der Waals surface area (Å²) >= 11 is 0. The molecule has 0 saturated carbocycles. The number of esters is 1. The number of rotatable bonds is 5. The number of hydrogen-bond donors (Lipinski definition) is 1. The first-order valence-electron chi connectivity index (χ1n) is 5.45. The Morgan fingerprint density at radius 2 is 1.88 bits per heavy atom. The standard InChI is InChI=1S/C13H19NO3/c1-10-4-6-11(7-5-10)13(8-14,9-16-2)12(15)17-3/h4-7H,8-9,14H2,1-3H3. The van der Waals surface area contributed by atoms with Gasteiger partial charge in [0.15, 0.2) is 0 Å². The summed E-state index contributed by atoms with van der Waals surface area (Å²) in [5.74, 6) is -0.370. The second-order valence-electron chi connectivity index (χ2n) is 4.08. The average molecular weight is 237 g/mol. The molecule has 1 unspecified atom stereocenters. The lowest BCUT2D eigenvalue weighted by Crippen LogP contribution is -2.47. The van der Waals surface area contributed by atoms with Gasteiger partial charge in [0.25, 0.3) is 0 Å². The Morgan fingerprint density at radius 1 is 1.29 bits per heavy atom. The van der Waals surface area contributed by atoms with Gasteiger partial charge in [-0.3, -0.25) is 4.79 Å². The SMILES string of the molecule is COCC(CN)(C(=O)OC)c1ccc(C)cc1. The van der Waals surface area contributed by atoms with Crippen LogP contribution in [0.3, 0.4) is 0 Å². The Hall–Kier alpha value is -1.39. The number of aryl methyl sites for hydroxylation is 1. The molecule has 0 amide bonds. The van der Waals surface area contributed by atoms with Crippen molar-refractivity contribution in [3.8, 4) is 0 Å². The summed E-state index contributed by atoms with van der Waals surface area (Å²) in [5.41, 5.74) is 6.79. The number of methoxy groups -OCH3 is 2. The Bertz CT molecular complexity index is 375. The van der Waals surface area contributed by atoms with Gasteiger partial charge in [0.05, 0.1) is 13.7 Å². The molecule has 1 rings (SSSR count). The Labute approximate surface area is 102 Å². The third kappa shape index (κ3) is 2.65. The average Bonchev–Trinajstić information content (AvgIpc) is 2.36. The fraction of sp³-hybridized carbons (Fsp3) is 0.462. The molecule has 0 aromatic heterocycles. The lowest BCUT2D eigenvalue weighted by Gasteiger charge is -2.29. The fourth-order valence-corrected chi connectivity index (χ4v) is 1.83. The monoisotopic (exact) mass is 237 g/mol. The van der Waals surface area contributed by atoms with E-state index in [0.29, 0.717) is 0 Å². The minimum atomic E-state index is -0.919. The highest BCUT2D eigenvalue weighted by Gasteiger charge is 2.40. The quantitative estimate of drug-likeness (QED) is 0.776. The van der Waals surface area contributed by atoms with Crippen LogP contribution in [0.25, 0.3) is 0 Å². The van der Waals surface area contributed by atoms with E-state index in [9.17, 15) is 4.79 Å². The number of nitrogens with two attached hydrogens (primary N) is 1. The molecule has 0 saturated heterocycles. The number of ether oxygens (including phenoxy) is 2. The van der Waals surface area contributed by atoms with Crippen molar-refractivity contribution in [3.05, 3.63) is 35.4 Å². The van der Waals surface area contributed by atoms with E-state index in [1.54, 1.807) is 7.11 Å². The van der Waals surface area contributed by atoms with Gasteiger partial charge in [-0.05, 0) is 12.5 Å². The van der Waals surface area contributed by atoms with Crippen LogP contribution in [0.2, 0.25) is 0 Å². The molecule has 0 radical (unpaired) electrons. The van der Waals surface area contributed by atoms with Gasteiger partial charge in [-0.1, -0.05) is 29.8 Å². The molecular weight excluding hydrogens is 218 g/mol. The maximum Gasteiger partial charge on any atom is 0.319 e. The van der Waals surface area contributed by atoms with Crippen LogP contribution >= 0.6 is 0 Å². The zero-order valence-corrected chi connectivity index (χ0v) is 10.5. The van der Waals surface area contributed by atoms with Gasteiger partial charge in [0.1, 0.15) is 5.41 Å². The predicted octanol–water partition coefficient (Wildman–Crippen LogP) is 1.01. The van der Waals surface area contributed by atoms with E-state index in [-0.39, 0.29) is 19.1 Å². The number of carbonyl (C=O) groups is 1.